The number of carboxylic acid groups (broad SMARTS) is 1. The van der Waals surface area contributed by atoms with E-state index in [1.807, 2.05) is 82.0 Å². The molecule has 148 heavy (non-hydrogen) atoms. The van der Waals surface area contributed by atoms with E-state index in [0.29, 0.717) is 56.4 Å². The number of aromatic nitrogens is 20. The van der Waals surface area contributed by atoms with Gasteiger partial charge in [0.1, 0.15) is 98.7 Å². The molecule has 16 aromatic heterocycles. The number of carbonyl (C=O) groups is 6. The number of hydrogen-bond acceptors (Lipinski definition) is 35. The molecule has 0 saturated carbocycles. The summed E-state index contributed by atoms with van der Waals surface area (Å²) in [5, 5.41) is 12.1. The highest BCUT2D eigenvalue weighted by Gasteiger charge is 2.50. The normalized spacial score (nSPS) is 17.2. The molecule has 0 bridgehead atoms. The molecule has 42 nitrogen and oxygen atoms in total. The highest BCUT2D eigenvalue weighted by atomic mass is 19.3. The zero-order valence-corrected chi connectivity index (χ0v) is 81.8. The molecule has 4 aliphatic heterocycles. The Labute approximate surface area is 836 Å². The molecule has 0 aliphatic carbocycles. The van der Waals surface area contributed by atoms with Gasteiger partial charge in [-0.2, -0.15) is 0 Å². The molecule has 774 valence electrons. The number of Topliss-reactive ketones (excluding diaryl/α,β-unsaturated/α-hetero) is 3. The lowest BCUT2D eigenvalue weighted by molar-refractivity contribution is -0.00247. The van der Waals surface area contributed by atoms with Gasteiger partial charge in [-0.1, -0.05) is 0 Å². The van der Waals surface area contributed by atoms with E-state index in [1.165, 1.54) is 49.8 Å². The number of alkyl halides is 8. The molecule has 4 atom stereocenters. The summed E-state index contributed by atoms with van der Waals surface area (Å²) < 4.78 is 149. The first kappa shape index (κ1) is 104. The number of ketones is 3. The summed E-state index contributed by atoms with van der Waals surface area (Å²) in [4.78, 5) is 148. The number of anilines is 4. The highest BCUT2D eigenvalue weighted by Crippen LogP contribution is 2.42. The number of ether oxygens (including phenoxy) is 2. The van der Waals surface area contributed by atoms with E-state index in [1.54, 1.807) is 115 Å². The predicted molar refractivity (Wildman–Crippen MR) is 520 cm³/mol. The molecule has 4 aliphatic rings. The summed E-state index contributed by atoms with van der Waals surface area (Å²) in [6, 6.07) is 12.1. The number of nitrogens with zero attached hydrogens (tertiary/aromatic N) is 23. The molecule has 0 unspecified atom stereocenters. The predicted octanol–water partition coefficient (Wildman–Crippen LogP) is 15.5. The second-order valence-corrected chi connectivity index (χ2v) is 38.0. The van der Waals surface area contributed by atoms with Crippen LogP contribution < -0.4 is 34.0 Å². The average molecular weight is 2050 g/mol. The van der Waals surface area contributed by atoms with Crippen molar-refractivity contribution in [2.45, 2.75) is 193 Å². The smallest absolute Gasteiger partial charge is 0.410 e. The van der Waals surface area contributed by atoms with Crippen LogP contribution in [0.1, 0.15) is 170 Å². The van der Waals surface area contributed by atoms with Crippen LogP contribution in [0.25, 0.3) is 114 Å². The number of carbonyl (C=O) groups excluding carboxylic acids is 5. The van der Waals surface area contributed by atoms with Gasteiger partial charge in [-0.25, -0.2) is 129 Å². The van der Waals surface area contributed by atoms with E-state index in [9.17, 15) is 69.0 Å². The lowest BCUT2D eigenvalue weighted by atomic mass is 10.0. The van der Waals surface area contributed by atoms with Crippen LogP contribution in [0.15, 0.2) is 166 Å². The third-order valence-electron chi connectivity index (χ3n) is 24.3. The van der Waals surface area contributed by atoms with Gasteiger partial charge in [0.15, 0.2) is 69.1 Å². The number of oxazole rings is 4. The van der Waals surface area contributed by atoms with Gasteiger partial charge in [0.05, 0.1) is 57.0 Å². The van der Waals surface area contributed by atoms with Crippen molar-refractivity contribution in [2.24, 2.45) is 5.73 Å². The largest absolute Gasteiger partial charge is 0.476 e. The Morgan fingerprint density at radius 2 is 0.696 bits per heavy atom. The lowest BCUT2D eigenvalue weighted by Gasteiger charge is -2.28. The SMILES string of the molecule is CC(C)(C)OC(=O)N1CC(F)(F)C[C@H]1CN.Cc1cnc2ccc(-c3nc(C(=O)CC[C@@H]4CC(F)(F)CN4)c(N)nc3-c3ncco3)cn12.Cc1cnc2ccc(-c3nc(C(=O)CC[C@@H]4CC(F)(F)CN4C(=O)OC(C)(C)C)c(N)nc3-c3ncco3)cn12.Cc1cnc2ccc(-c3nc(C(=O)CC[C@@H]4CC(F)(F)CN4C)c(N)nc3-c3ncco3)cn12.Cc1cnc2ccc(-c3nc(C(=O)O)c(N)nc3-c3ncco3)cn12. The van der Waals surface area contributed by atoms with Gasteiger partial charge >= 0.3 is 18.2 Å². The van der Waals surface area contributed by atoms with Gasteiger partial charge in [-0.3, -0.25) is 29.1 Å². The van der Waals surface area contributed by atoms with E-state index in [0.717, 1.165) is 55.2 Å². The fourth-order valence-electron chi connectivity index (χ4n) is 17.3. The molecule has 0 radical (unpaired) electrons. The summed E-state index contributed by atoms with van der Waals surface area (Å²) in [7, 11) is 1.64. The maximum absolute atomic E-state index is 14.3. The molecular weight excluding hydrogens is 1940 g/mol. The molecule has 2 amide bonds. The van der Waals surface area contributed by atoms with Crippen molar-refractivity contribution in [1.82, 2.24) is 117 Å². The first-order valence-corrected chi connectivity index (χ1v) is 46.6. The number of fused-ring (bicyclic) bond motifs is 4. The van der Waals surface area contributed by atoms with Crippen molar-refractivity contribution < 1.29 is 96.1 Å². The summed E-state index contributed by atoms with van der Waals surface area (Å²) in [6.07, 6.45) is 23.0. The number of pyridine rings is 4. The summed E-state index contributed by atoms with van der Waals surface area (Å²) in [6.45, 7) is 15.7. The van der Waals surface area contributed by atoms with E-state index in [2.05, 4.69) is 85.1 Å². The van der Waals surface area contributed by atoms with Crippen LogP contribution in [-0.2, 0) is 9.47 Å². The number of rotatable bonds is 22. The van der Waals surface area contributed by atoms with Gasteiger partial charge in [-0.05, 0) is 144 Å². The third kappa shape index (κ3) is 23.8. The topological polar surface area (TPSA) is 569 Å². The Hall–Kier alpha value is -16.5. The zero-order chi connectivity index (χ0) is 106. The minimum Gasteiger partial charge on any atom is -0.476 e. The lowest BCUT2D eigenvalue weighted by Crippen LogP contribution is -2.43. The van der Waals surface area contributed by atoms with Gasteiger partial charge in [0, 0.05) is 164 Å². The zero-order valence-electron chi connectivity index (χ0n) is 81.8. The van der Waals surface area contributed by atoms with Crippen LogP contribution in [0.2, 0.25) is 0 Å². The molecular formula is C98H103F8N29O13. The molecule has 4 saturated heterocycles. The molecule has 20 heterocycles. The standard InChI is InChI=1S/C27H29F2N7O4.C23H23F2N7O2.C22H21F2N7O2.C16H12N6O3.C10H18F2N2O2/c1-15-12-32-19-8-5-16(13-35(15)19)20-22(24-31-9-10-39-24)34-23(30)21(33-20)18(37)7-6-17-11-27(28,29)14-36(17)25(38)40-26(2,3)4;1-13-10-28-17-6-3-14(11-32(13)17)18-20(22-27-7-8-34-22)30-21(26)19(29-18)16(33)5-4-15-9-23(24,25)12-31(15)2;1-12-9-27-16-5-2-13(10-31(12)16)17-19(21-26-6-7-33-21)30-20(25)18(29-17)15(32)4-3-14-8-22(23,24)11-28-14;1-8-6-19-10-3-2-9(7-22(8)10)11-12(15-18-4-5-25-15)21-14(17)13(20-11)16(23)24;1-9(2,3)16-8(15)14-6-10(11,12)4-7(14)5-13/h5,8-10,12-13,17H,6-7,11,14H2,1-4H3,(H2,30,34);3,6-8,10-11,15H,4-5,9,12H2,1-2H3,(H2,26,30);2,5-7,9-10,14,28H,3-4,8,11H2,1H3,(H2,25,30);2-7H,1H3,(H2,17,21)(H,23,24);7H,4-6,13H2,1-3H3/t17-;15-;14-;;7-/m111.0/s1. The van der Waals surface area contributed by atoms with E-state index >= 15 is 0 Å². The van der Waals surface area contributed by atoms with Gasteiger partial charge in [-0.15, -0.1) is 0 Å². The number of aromatic carboxylic acids is 1. The monoisotopic (exact) mass is 2050 g/mol. The maximum Gasteiger partial charge on any atom is 0.410 e. The van der Waals surface area contributed by atoms with E-state index in [-0.39, 0.29) is 176 Å². The highest BCUT2D eigenvalue weighted by molar-refractivity contribution is 6.01. The van der Waals surface area contributed by atoms with Gasteiger partial charge in [0.2, 0.25) is 23.6 Å². The second-order valence-electron chi connectivity index (χ2n) is 38.0. The van der Waals surface area contributed by atoms with Gasteiger partial charge in [0.25, 0.3) is 23.7 Å². The second kappa shape index (κ2) is 41.9. The summed E-state index contributed by atoms with van der Waals surface area (Å²) in [5.41, 5.74) is 39.2. The number of carboxylic acids is 1. The van der Waals surface area contributed by atoms with Crippen molar-refractivity contribution in [3.8, 4) is 91.4 Å². The van der Waals surface area contributed by atoms with Crippen LogP contribution >= 0.6 is 0 Å². The third-order valence-corrected chi connectivity index (χ3v) is 24.3. The average Bonchev–Trinajstić information content (AvgIpc) is 1.25. The van der Waals surface area contributed by atoms with Crippen LogP contribution in [0.4, 0.5) is 68.0 Å². The van der Waals surface area contributed by atoms with E-state index in [4.69, 9.17) is 55.8 Å². The molecule has 0 aromatic carbocycles. The number of hydrogen-bond donors (Lipinski definition) is 7. The van der Waals surface area contributed by atoms with Crippen LogP contribution in [0, 0.1) is 27.7 Å². The Morgan fingerprint density at radius 1 is 0.399 bits per heavy atom. The number of amides is 2. The Kier molecular flexibility index (Phi) is 29.5. The van der Waals surface area contributed by atoms with Crippen LogP contribution in [-0.4, -0.2) is 251 Å². The molecule has 4 fully saturated rings. The van der Waals surface area contributed by atoms with Crippen LogP contribution in [0.5, 0.6) is 0 Å². The Balaban J connectivity index is 0.000000135. The molecule has 12 N–H and O–H groups in total. The number of aryl methyl sites for hydroxylation is 4. The minimum absolute atomic E-state index is 0.000154. The van der Waals surface area contributed by atoms with Crippen molar-refractivity contribution >= 4 is 81.4 Å². The number of nitrogen functional groups attached to an aromatic ring is 4. The molecule has 16 aromatic rings. The summed E-state index contributed by atoms with van der Waals surface area (Å²) >= 11 is 0. The van der Waals surface area contributed by atoms with Crippen molar-refractivity contribution in [1.29, 1.82) is 0 Å². The van der Waals surface area contributed by atoms with E-state index < -0.39 is 96.5 Å². The molecule has 20 rings (SSSR count). The molecule has 0 spiro atoms. The molecule has 50 heteroatoms. The minimum atomic E-state index is -3.08. The van der Waals surface area contributed by atoms with Crippen LogP contribution in [0.3, 0.4) is 0 Å². The van der Waals surface area contributed by atoms with Gasteiger partial charge < -0.3 is 83.8 Å². The Bertz CT molecular complexity index is 7610. The number of nitrogens with one attached hydrogen (secondary N) is 1. The number of likely N-dealkylation sites (tertiary alicyclic amines) is 3. The fourth-order valence-corrected chi connectivity index (χ4v) is 17.3. The first-order valence-electron chi connectivity index (χ1n) is 46.6. The first-order chi connectivity index (χ1) is 70.0. The van der Waals surface area contributed by atoms with Crippen molar-refractivity contribution in [3.05, 3.63) is 193 Å². The number of imidazole rings is 4. The fraction of sp³-hybridized carbons (Fsp3) is 0.367. The number of halogens is 8. The maximum atomic E-state index is 14.3. The Morgan fingerprint density at radius 3 is 0.986 bits per heavy atom. The van der Waals surface area contributed by atoms with Crippen molar-refractivity contribution in [3.63, 3.8) is 0 Å². The number of nitrogens with two attached hydrogens (primary N) is 5. The quantitative estimate of drug-likeness (QED) is 0.0245. The van der Waals surface area contributed by atoms with Crippen molar-refractivity contribution in [2.75, 3.05) is 62.7 Å². The summed E-state index contributed by atoms with van der Waals surface area (Å²) in [5.74, 6) is -13.6.